The normalized spacial score (nSPS) is 13.3. The number of para-hydroxylation sites is 1. The van der Waals surface area contributed by atoms with E-state index in [2.05, 4.69) is 180 Å². The van der Waals surface area contributed by atoms with Crippen LogP contribution in [0.2, 0.25) is 0 Å². The Balaban J connectivity index is 1.35. The summed E-state index contributed by atoms with van der Waals surface area (Å²) in [6.45, 7) is 0. The summed E-state index contributed by atoms with van der Waals surface area (Å²) in [4.78, 5) is 11.3. The van der Waals surface area contributed by atoms with Crippen molar-refractivity contribution >= 4 is 84.3 Å². The van der Waals surface area contributed by atoms with Gasteiger partial charge < -0.3 is 0 Å². The van der Waals surface area contributed by atoms with Crippen LogP contribution in [0.1, 0.15) is 0 Å². The van der Waals surface area contributed by atoms with Crippen LogP contribution in [0.15, 0.2) is 176 Å². The average Bonchev–Trinajstić information content (AvgIpc) is 3.83. The minimum absolute atomic E-state index is 0.757. The molecule has 0 atom stereocenters. The van der Waals surface area contributed by atoms with E-state index >= 15 is 0 Å². The van der Waals surface area contributed by atoms with Crippen molar-refractivity contribution in [1.82, 2.24) is 14.5 Å². The molecule has 0 saturated carbocycles. The quantitative estimate of drug-likeness (QED) is 0.170. The maximum absolute atomic E-state index is 5.71. The second-order valence-corrected chi connectivity index (χ2v) is 22.1. The molecule has 4 heterocycles. The Labute approximate surface area is 301 Å². The molecule has 0 unspecified atom stereocenters. The van der Waals surface area contributed by atoms with Crippen molar-refractivity contribution in [3.63, 3.8) is 0 Å². The zero-order chi connectivity index (χ0) is 33.5. The summed E-state index contributed by atoms with van der Waals surface area (Å²) < 4.78 is 10.3. The van der Waals surface area contributed by atoms with Gasteiger partial charge in [-0.1, -0.05) is 0 Å². The van der Waals surface area contributed by atoms with E-state index in [1.54, 1.807) is 0 Å². The Morgan fingerprint density at radius 1 is 0.471 bits per heavy atom. The van der Waals surface area contributed by atoms with Gasteiger partial charge in [-0.3, -0.25) is 0 Å². The van der Waals surface area contributed by atoms with Crippen molar-refractivity contribution < 1.29 is 0 Å². The van der Waals surface area contributed by atoms with Gasteiger partial charge >= 0.3 is 303 Å². The molecule has 10 aromatic rings. The zero-order valence-electron chi connectivity index (χ0n) is 27.5. The maximum atomic E-state index is 5.71. The molecule has 51 heavy (non-hydrogen) atoms. The molecule has 0 fully saturated rings. The first-order chi connectivity index (χ1) is 25.3. The van der Waals surface area contributed by atoms with Gasteiger partial charge in [0.05, 0.1) is 0 Å². The van der Waals surface area contributed by atoms with Crippen molar-refractivity contribution in [3.05, 3.63) is 176 Å². The standard InChI is InChI=1S/C46H29GeN3S/c1-4-16-30(17-5-1)45-48-44-43(35-24-10-13-25-38(35)47(44,31-18-6-2-7-19-31)32-20-8-3-9-21-32)46(49-45)50-39-26-14-11-22-33(39)36-28-37-34-23-12-15-27-41(34)51-42(37)29-40(36)50/h1-29H. The first-order valence-electron chi connectivity index (χ1n) is 17.3. The summed E-state index contributed by atoms with van der Waals surface area (Å²) in [6, 6.07) is 64.3. The van der Waals surface area contributed by atoms with Crippen molar-refractivity contribution in [3.8, 4) is 28.3 Å². The number of fused-ring (bicyclic) bond motifs is 9. The number of hydrogen-bond acceptors (Lipinski definition) is 3. The summed E-state index contributed by atoms with van der Waals surface area (Å²) in [5.41, 5.74) is 5.72. The Hall–Kier alpha value is -5.82. The monoisotopic (exact) mass is 729 g/mol. The van der Waals surface area contributed by atoms with E-state index in [-0.39, 0.29) is 0 Å². The molecule has 0 amide bonds. The van der Waals surface area contributed by atoms with E-state index in [1.165, 1.54) is 54.2 Å². The van der Waals surface area contributed by atoms with Gasteiger partial charge in [0.15, 0.2) is 0 Å². The van der Waals surface area contributed by atoms with E-state index in [1.807, 2.05) is 11.3 Å². The molecule has 11 rings (SSSR count). The van der Waals surface area contributed by atoms with Crippen molar-refractivity contribution in [2.45, 2.75) is 0 Å². The molecule has 0 radical (unpaired) electrons. The second-order valence-electron chi connectivity index (χ2n) is 13.3. The van der Waals surface area contributed by atoms with Crippen molar-refractivity contribution in [2.75, 3.05) is 0 Å². The minimum atomic E-state index is -3.68. The van der Waals surface area contributed by atoms with Crippen LogP contribution in [0.3, 0.4) is 0 Å². The summed E-state index contributed by atoms with van der Waals surface area (Å²) in [5, 5.41) is 5.07. The van der Waals surface area contributed by atoms with Crippen LogP contribution in [0.4, 0.5) is 0 Å². The first-order valence-corrected chi connectivity index (χ1v) is 22.4. The van der Waals surface area contributed by atoms with Crippen molar-refractivity contribution in [1.29, 1.82) is 0 Å². The fourth-order valence-corrected chi connectivity index (χ4v) is 20.1. The summed E-state index contributed by atoms with van der Waals surface area (Å²) in [6.07, 6.45) is 0. The zero-order valence-corrected chi connectivity index (χ0v) is 30.4. The van der Waals surface area contributed by atoms with Crippen LogP contribution >= 0.6 is 11.3 Å². The molecule has 0 bridgehead atoms. The molecule has 1 aliphatic rings. The van der Waals surface area contributed by atoms with Crippen molar-refractivity contribution in [2.24, 2.45) is 0 Å². The molecule has 0 saturated heterocycles. The van der Waals surface area contributed by atoms with Gasteiger partial charge in [-0.2, -0.15) is 0 Å². The molecule has 0 N–H and O–H groups in total. The number of thiophene rings is 1. The number of aromatic nitrogens is 3. The molecule has 1 aliphatic heterocycles. The SMILES string of the molecule is c1ccc(-c2nc(-n3c4ccccc4c4cc5c(cc43)sc3ccccc35)c3[c](n2)[Ge]([c]2ccccc2)([c]2ccccc2)[c]2ccccc2-3)cc1. The first kappa shape index (κ1) is 29.0. The predicted octanol–water partition coefficient (Wildman–Crippen LogP) is 8.97. The third-order valence-electron chi connectivity index (χ3n) is 10.7. The van der Waals surface area contributed by atoms with E-state index in [0.717, 1.165) is 33.8 Å². The van der Waals surface area contributed by atoms with E-state index in [0.29, 0.717) is 0 Å². The Kier molecular flexibility index (Phi) is 6.30. The molecular formula is C46H29GeN3S. The molecule has 7 aromatic carbocycles. The van der Waals surface area contributed by atoms with E-state index in [4.69, 9.17) is 9.97 Å². The van der Waals surface area contributed by atoms with Gasteiger partial charge in [-0.25, -0.2) is 0 Å². The number of rotatable bonds is 4. The van der Waals surface area contributed by atoms with Gasteiger partial charge in [-0.15, -0.1) is 0 Å². The van der Waals surface area contributed by atoms with Crippen LogP contribution in [-0.4, -0.2) is 27.8 Å². The third-order valence-corrected chi connectivity index (χ3v) is 21.7. The fraction of sp³-hybridized carbons (Fsp3) is 0. The average molecular weight is 728 g/mol. The molecule has 0 spiro atoms. The van der Waals surface area contributed by atoms with Gasteiger partial charge in [0, 0.05) is 0 Å². The van der Waals surface area contributed by atoms with E-state index in [9.17, 15) is 0 Å². The number of nitrogens with zero attached hydrogens (tertiary/aromatic N) is 3. The summed E-state index contributed by atoms with van der Waals surface area (Å²) >= 11 is -1.82. The Morgan fingerprint density at radius 3 is 1.86 bits per heavy atom. The Morgan fingerprint density at radius 2 is 1.10 bits per heavy atom. The number of benzene rings is 7. The molecule has 238 valence electrons. The number of hydrogen-bond donors (Lipinski definition) is 0. The van der Waals surface area contributed by atoms with Gasteiger partial charge in [0.25, 0.3) is 0 Å². The second kappa shape index (κ2) is 11.1. The molecule has 5 heteroatoms. The fourth-order valence-electron chi connectivity index (χ4n) is 8.55. The van der Waals surface area contributed by atoms with Gasteiger partial charge in [0.2, 0.25) is 0 Å². The van der Waals surface area contributed by atoms with Crippen LogP contribution < -0.4 is 17.7 Å². The van der Waals surface area contributed by atoms with Gasteiger partial charge in [-0.05, 0) is 0 Å². The topological polar surface area (TPSA) is 30.7 Å². The molecular weight excluding hydrogens is 699 g/mol. The van der Waals surface area contributed by atoms with Crippen LogP contribution in [0, 0.1) is 0 Å². The molecule has 3 aromatic heterocycles. The van der Waals surface area contributed by atoms with Crippen LogP contribution in [-0.2, 0) is 0 Å². The molecule has 0 aliphatic carbocycles. The van der Waals surface area contributed by atoms with Crippen LogP contribution in [0.25, 0.3) is 70.3 Å². The van der Waals surface area contributed by atoms with Crippen LogP contribution in [0.5, 0.6) is 0 Å². The van der Waals surface area contributed by atoms with E-state index < -0.39 is 13.3 Å². The third kappa shape index (κ3) is 4.06. The van der Waals surface area contributed by atoms with Gasteiger partial charge in [0.1, 0.15) is 0 Å². The molecule has 3 nitrogen and oxygen atoms in total. The summed E-state index contributed by atoms with van der Waals surface area (Å²) in [7, 11) is 0. The predicted molar refractivity (Wildman–Crippen MR) is 217 cm³/mol. The summed E-state index contributed by atoms with van der Waals surface area (Å²) in [5.74, 6) is 1.70. The Bertz CT molecular complexity index is 2930.